The van der Waals surface area contributed by atoms with E-state index in [9.17, 15) is 9.59 Å². The minimum absolute atomic E-state index is 0.0367. The van der Waals surface area contributed by atoms with E-state index < -0.39 is 5.60 Å². The second-order valence-electron chi connectivity index (χ2n) is 6.94. The maximum atomic E-state index is 12.6. The number of furan rings is 1. The summed E-state index contributed by atoms with van der Waals surface area (Å²) in [6, 6.07) is 1.77. The van der Waals surface area contributed by atoms with Gasteiger partial charge in [0.2, 0.25) is 0 Å². The summed E-state index contributed by atoms with van der Waals surface area (Å²) in [5.74, 6) is 1.34. The van der Waals surface area contributed by atoms with Crippen molar-refractivity contribution in [1.29, 1.82) is 0 Å². The minimum atomic E-state index is -0.510. The second-order valence-corrected chi connectivity index (χ2v) is 6.94. The van der Waals surface area contributed by atoms with Crippen LogP contribution in [0, 0.1) is 13.8 Å². The molecule has 2 heterocycles. The van der Waals surface area contributed by atoms with E-state index in [1.165, 1.54) is 0 Å². The van der Waals surface area contributed by atoms with Crippen molar-refractivity contribution in [2.45, 2.75) is 46.6 Å². The van der Waals surface area contributed by atoms with Crippen molar-refractivity contribution in [1.82, 2.24) is 9.80 Å². The Kier molecular flexibility index (Phi) is 5.02. The van der Waals surface area contributed by atoms with Crippen molar-refractivity contribution in [3.05, 3.63) is 23.2 Å². The smallest absolute Gasteiger partial charge is 0.410 e. The average molecular weight is 322 g/mol. The van der Waals surface area contributed by atoms with Crippen molar-refractivity contribution < 1.29 is 18.7 Å². The summed E-state index contributed by atoms with van der Waals surface area (Å²) in [7, 11) is 0. The van der Waals surface area contributed by atoms with Gasteiger partial charge in [0.25, 0.3) is 5.91 Å². The maximum absolute atomic E-state index is 12.6. The molecule has 0 bridgehead atoms. The minimum Gasteiger partial charge on any atom is -0.466 e. The van der Waals surface area contributed by atoms with Crippen molar-refractivity contribution in [3.63, 3.8) is 0 Å². The number of hydrogen-bond acceptors (Lipinski definition) is 4. The fourth-order valence-electron chi connectivity index (χ4n) is 2.64. The van der Waals surface area contributed by atoms with Gasteiger partial charge in [0, 0.05) is 26.2 Å². The van der Waals surface area contributed by atoms with Gasteiger partial charge in [-0.3, -0.25) is 4.79 Å². The van der Waals surface area contributed by atoms with Crippen LogP contribution in [0.5, 0.6) is 0 Å². The first kappa shape index (κ1) is 17.4. The molecule has 0 saturated carbocycles. The highest BCUT2D eigenvalue weighted by atomic mass is 16.6. The summed E-state index contributed by atoms with van der Waals surface area (Å²) < 4.78 is 10.8. The molecule has 0 unspecified atom stereocenters. The first-order valence-electron chi connectivity index (χ1n) is 8.01. The summed E-state index contributed by atoms with van der Waals surface area (Å²) in [5, 5.41) is 0. The van der Waals surface area contributed by atoms with E-state index in [1.54, 1.807) is 22.8 Å². The van der Waals surface area contributed by atoms with Gasteiger partial charge in [-0.2, -0.15) is 0 Å². The van der Waals surface area contributed by atoms with Crippen LogP contribution in [0.4, 0.5) is 4.79 Å². The number of carbonyl (C=O) groups is 2. The van der Waals surface area contributed by atoms with Crippen LogP contribution in [-0.4, -0.2) is 53.6 Å². The zero-order valence-electron chi connectivity index (χ0n) is 14.6. The van der Waals surface area contributed by atoms with Gasteiger partial charge in [0.1, 0.15) is 17.1 Å². The molecule has 2 rings (SSSR count). The maximum Gasteiger partial charge on any atom is 0.410 e. The molecule has 1 fully saturated rings. The zero-order chi connectivity index (χ0) is 17.2. The fraction of sp³-hybridized carbons (Fsp3) is 0.647. The highest BCUT2D eigenvalue weighted by molar-refractivity contribution is 5.95. The number of aryl methyl sites for hydroxylation is 2. The molecule has 0 radical (unpaired) electrons. The van der Waals surface area contributed by atoms with Crippen LogP contribution < -0.4 is 0 Å². The topological polar surface area (TPSA) is 63.0 Å². The lowest BCUT2D eigenvalue weighted by atomic mass is 10.2. The first-order valence-corrected chi connectivity index (χ1v) is 8.01. The van der Waals surface area contributed by atoms with Crippen LogP contribution >= 0.6 is 0 Å². The average Bonchev–Trinajstić information content (AvgIpc) is 2.64. The molecule has 1 aromatic heterocycles. The van der Waals surface area contributed by atoms with Gasteiger partial charge in [-0.05, 0) is 47.1 Å². The SMILES string of the molecule is Cc1cc(C(=O)N2CCCN(C(=O)OC(C)(C)C)CC2)c(C)o1. The Bertz CT molecular complexity index is 586. The molecule has 0 N–H and O–H groups in total. The lowest BCUT2D eigenvalue weighted by Crippen LogP contribution is -2.40. The van der Waals surface area contributed by atoms with Gasteiger partial charge in [0.15, 0.2) is 0 Å². The lowest BCUT2D eigenvalue weighted by Gasteiger charge is -2.26. The van der Waals surface area contributed by atoms with Crippen molar-refractivity contribution >= 4 is 12.0 Å². The van der Waals surface area contributed by atoms with Crippen molar-refractivity contribution in [2.24, 2.45) is 0 Å². The van der Waals surface area contributed by atoms with Gasteiger partial charge < -0.3 is 19.0 Å². The normalized spacial score (nSPS) is 16.2. The molecular formula is C17H26N2O4. The molecule has 6 nitrogen and oxygen atoms in total. The third kappa shape index (κ3) is 4.50. The van der Waals surface area contributed by atoms with Gasteiger partial charge in [-0.15, -0.1) is 0 Å². The Hall–Kier alpha value is -1.98. The Balaban J connectivity index is 2.00. The summed E-state index contributed by atoms with van der Waals surface area (Å²) in [4.78, 5) is 28.2. The van der Waals surface area contributed by atoms with Crippen molar-refractivity contribution in [3.8, 4) is 0 Å². The Morgan fingerprint density at radius 1 is 1.09 bits per heavy atom. The van der Waals surface area contributed by atoms with E-state index in [0.717, 1.165) is 12.2 Å². The third-order valence-corrected chi connectivity index (χ3v) is 3.71. The van der Waals surface area contributed by atoms with Crippen LogP contribution in [0.25, 0.3) is 0 Å². The Labute approximate surface area is 137 Å². The van der Waals surface area contributed by atoms with E-state index in [-0.39, 0.29) is 12.0 Å². The lowest BCUT2D eigenvalue weighted by molar-refractivity contribution is 0.0255. The number of rotatable bonds is 1. The molecular weight excluding hydrogens is 296 g/mol. The molecule has 1 aliphatic heterocycles. The van der Waals surface area contributed by atoms with Gasteiger partial charge >= 0.3 is 6.09 Å². The number of nitrogens with zero attached hydrogens (tertiary/aromatic N) is 2. The monoisotopic (exact) mass is 322 g/mol. The number of hydrogen-bond donors (Lipinski definition) is 0. The van der Waals surface area contributed by atoms with E-state index in [0.29, 0.717) is 37.5 Å². The summed E-state index contributed by atoms with van der Waals surface area (Å²) in [6.45, 7) is 11.4. The summed E-state index contributed by atoms with van der Waals surface area (Å²) in [6.07, 6.45) is 0.420. The molecule has 23 heavy (non-hydrogen) atoms. The first-order chi connectivity index (χ1) is 10.7. The van der Waals surface area contributed by atoms with Crippen LogP contribution in [0.2, 0.25) is 0 Å². The van der Waals surface area contributed by atoms with Crippen molar-refractivity contribution in [2.75, 3.05) is 26.2 Å². The predicted molar refractivity (Wildman–Crippen MR) is 86.5 cm³/mol. The van der Waals surface area contributed by atoms with Crippen LogP contribution in [0.3, 0.4) is 0 Å². The third-order valence-electron chi connectivity index (χ3n) is 3.71. The van der Waals surface area contributed by atoms with E-state index in [1.807, 2.05) is 27.7 Å². The van der Waals surface area contributed by atoms with Crippen LogP contribution in [-0.2, 0) is 4.74 Å². The second kappa shape index (κ2) is 6.64. The molecule has 1 aromatic rings. The van der Waals surface area contributed by atoms with Crippen LogP contribution in [0.1, 0.15) is 49.1 Å². The highest BCUT2D eigenvalue weighted by Gasteiger charge is 2.27. The van der Waals surface area contributed by atoms with E-state index in [2.05, 4.69) is 0 Å². The summed E-state index contributed by atoms with van der Waals surface area (Å²) in [5.41, 5.74) is 0.0952. The number of carbonyl (C=O) groups excluding carboxylic acids is 2. The molecule has 1 saturated heterocycles. The molecule has 0 spiro atoms. The molecule has 6 heteroatoms. The Morgan fingerprint density at radius 2 is 1.70 bits per heavy atom. The summed E-state index contributed by atoms with van der Waals surface area (Å²) >= 11 is 0. The highest BCUT2D eigenvalue weighted by Crippen LogP contribution is 2.18. The molecule has 0 atom stereocenters. The molecule has 0 aromatic carbocycles. The number of ether oxygens (including phenoxy) is 1. The van der Waals surface area contributed by atoms with E-state index >= 15 is 0 Å². The predicted octanol–water partition coefficient (Wildman–Crippen LogP) is 2.98. The molecule has 1 aliphatic rings. The molecule has 0 aliphatic carbocycles. The van der Waals surface area contributed by atoms with Gasteiger partial charge in [-0.25, -0.2) is 4.79 Å². The Morgan fingerprint density at radius 3 is 2.26 bits per heavy atom. The van der Waals surface area contributed by atoms with Crippen LogP contribution in [0.15, 0.2) is 10.5 Å². The van der Waals surface area contributed by atoms with Gasteiger partial charge in [-0.1, -0.05) is 0 Å². The standard InChI is InChI=1S/C17H26N2O4/c1-12-11-14(13(2)22-12)15(20)18-7-6-8-19(10-9-18)16(21)23-17(3,4)5/h11H,6-10H2,1-5H3. The van der Waals surface area contributed by atoms with E-state index in [4.69, 9.17) is 9.15 Å². The molecule has 128 valence electrons. The quantitative estimate of drug-likeness (QED) is 0.797. The fourth-order valence-corrected chi connectivity index (χ4v) is 2.64. The molecule has 2 amide bonds. The largest absolute Gasteiger partial charge is 0.466 e. The zero-order valence-corrected chi connectivity index (χ0v) is 14.6. The number of amides is 2. The van der Waals surface area contributed by atoms with Gasteiger partial charge in [0.05, 0.1) is 5.56 Å².